The Hall–Kier alpha value is -1.30. The Bertz CT molecular complexity index is 375. The maximum Gasteiger partial charge on any atom is 0.326 e. The molecule has 2 aliphatic rings. The highest BCUT2D eigenvalue weighted by Crippen LogP contribution is 2.23. The number of amides is 2. The van der Waals surface area contributed by atoms with E-state index in [0.717, 1.165) is 32.2 Å². The predicted octanol–water partition coefficient (Wildman–Crippen LogP) is 0.975. The van der Waals surface area contributed by atoms with Crippen LogP contribution in [0, 0.1) is 5.92 Å². The summed E-state index contributed by atoms with van der Waals surface area (Å²) in [6.45, 7) is 4.11. The topological polar surface area (TPSA) is 72.9 Å². The van der Waals surface area contributed by atoms with Gasteiger partial charge in [0.25, 0.3) is 0 Å². The molecule has 0 radical (unpaired) electrons. The minimum Gasteiger partial charge on any atom is -0.480 e. The molecule has 0 bridgehead atoms. The SMILES string of the molecule is CC1CCCN(C(=O)NCC2CCCN2C)C1C(=O)O. The molecule has 114 valence electrons. The molecule has 2 heterocycles. The molecule has 2 amide bonds. The quantitative estimate of drug-likeness (QED) is 0.809. The van der Waals surface area contributed by atoms with E-state index >= 15 is 0 Å². The smallest absolute Gasteiger partial charge is 0.326 e. The van der Waals surface area contributed by atoms with Gasteiger partial charge in [-0.2, -0.15) is 0 Å². The van der Waals surface area contributed by atoms with E-state index in [1.54, 1.807) is 0 Å². The Morgan fingerprint density at radius 2 is 1.95 bits per heavy atom. The molecule has 2 N–H and O–H groups in total. The van der Waals surface area contributed by atoms with Gasteiger partial charge in [-0.3, -0.25) is 0 Å². The molecule has 0 spiro atoms. The van der Waals surface area contributed by atoms with Gasteiger partial charge in [0.15, 0.2) is 0 Å². The Morgan fingerprint density at radius 3 is 2.55 bits per heavy atom. The number of hydrogen-bond acceptors (Lipinski definition) is 3. The number of carbonyl (C=O) groups is 2. The Morgan fingerprint density at radius 1 is 1.25 bits per heavy atom. The molecule has 6 nitrogen and oxygen atoms in total. The van der Waals surface area contributed by atoms with Crippen LogP contribution in [-0.2, 0) is 4.79 Å². The first kappa shape index (κ1) is 15.1. The zero-order valence-electron chi connectivity index (χ0n) is 12.3. The third kappa shape index (κ3) is 3.23. The summed E-state index contributed by atoms with van der Waals surface area (Å²) in [4.78, 5) is 27.4. The zero-order valence-corrected chi connectivity index (χ0v) is 12.3. The standard InChI is InChI=1S/C14H25N3O3/c1-10-5-3-8-17(12(10)13(18)19)14(20)15-9-11-6-4-7-16(11)2/h10-12H,3-9H2,1-2H3,(H,15,20)(H,18,19). The second-order valence-corrected chi connectivity index (χ2v) is 6.06. The monoisotopic (exact) mass is 283 g/mol. The van der Waals surface area contributed by atoms with Gasteiger partial charge >= 0.3 is 12.0 Å². The molecule has 2 saturated heterocycles. The van der Waals surface area contributed by atoms with Crippen molar-refractivity contribution >= 4 is 12.0 Å². The lowest BCUT2D eigenvalue weighted by Crippen LogP contribution is -2.56. The van der Waals surface area contributed by atoms with Gasteiger partial charge in [-0.05, 0) is 45.2 Å². The van der Waals surface area contributed by atoms with Crippen molar-refractivity contribution < 1.29 is 14.7 Å². The van der Waals surface area contributed by atoms with Crippen LogP contribution in [0.1, 0.15) is 32.6 Å². The lowest BCUT2D eigenvalue weighted by molar-refractivity contribution is -0.145. The molecule has 2 fully saturated rings. The van der Waals surface area contributed by atoms with Gasteiger partial charge in [-0.1, -0.05) is 6.92 Å². The van der Waals surface area contributed by atoms with Crippen LogP contribution in [0.5, 0.6) is 0 Å². The van der Waals surface area contributed by atoms with Crippen molar-refractivity contribution in [3.05, 3.63) is 0 Å². The van der Waals surface area contributed by atoms with Gasteiger partial charge in [0.2, 0.25) is 0 Å². The number of carboxylic acids is 1. The van der Waals surface area contributed by atoms with Crippen LogP contribution < -0.4 is 5.32 Å². The van der Waals surface area contributed by atoms with E-state index in [0.29, 0.717) is 19.1 Å². The molecule has 2 rings (SSSR count). The molecule has 0 aliphatic carbocycles. The lowest BCUT2D eigenvalue weighted by atomic mass is 9.91. The first-order chi connectivity index (χ1) is 9.50. The fourth-order valence-electron chi connectivity index (χ4n) is 3.34. The number of piperidine rings is 1. The summed E-state index contributed by atoms with van der Waals surface area (Å²) in [6.07, 6.45) is 4.00. The van der Waals surface area contributed by atoms with Crippen molar-refractivity contribution in [1.82, 2.24) is 15.1 Å². The van der Waals surface area contributed by atoms with Crippen molar-refractivity contribution in [2.45, 2.75) is 44.7 Å². The third-order valence-corrected chi connectivity index (χ3v) is 4.61. The molecule has 3 unspecified atom stereocenters. The van der Waals surface area contributed by atoms with E-state index in [-0.39, 0.29) is 11.9 Å². The van der Waals surface area contributed by atoms with Crippen LogP contribution in [0.15, 0.2) is 0 Å². The molecule has 2 aliphatic heterocycles. The maximum atomic E-state index is 12.3. The van der Waals surface area contributed by atoms with Crippen molar-refractivity contribution in [3.63, 3.8) is 0 Å². The highest BCUT2D eigenvalue weighted by Gasteiger charge is 2.37. The summed E-state index contributed by atoms with van der Waals surface area (Å²) >= 11 is 0. The van der Waals surface area contributed by atoms with Crippen molar-refractivity contribution in [2.24, 2.45) is 5.92 Å². The normalized spacial score (nSPS) is 31.3. The number of likely N-dealkylation sites (N-methyl/N-ethyl adjacent to an activating group) is 1. The highest BCUT2D eigenvalue weighted by atomic mass is 16.4. The van der Waals surface area contributed by atoms with Crippen LogP contribution >= 0.6 is 0 Å². The number of urea groups is 1. The third-order valence-electron chi connectivity index (χ3n) is 4.61. The van der Waals surface area contributed by atoms with Crippen molar-refractivity contribution in [2.75, 3.05) is 26.7 Å². The average molecular weight is 283 g/mol. The maximum absolute atomic E-state index is 12.3. The second-order valence-electron chi connectivity index (χ2n) is 6.06. The van der Waals surface area contributed by atoms with Crippen LogP contribution in [0.4, 0.5) is 4.79 Å². The number of aliphatic carboxylic acids is 1. The number of nitrogens with one attached hydrogen (secondary N) is 1. The Labute approximate surface area is 120 Å². The van der Waals surface area contributed by atoms with E-state index in [1.165, 1.54) is 4.90 Å². The summed E-state index contributed by atoms with van der Waals surface area (Å²) in [5.74, 6) is -0.883. The van der Waals surface area contributed by atoms with Gasteiger partial charge in [0.05, 0.1) is 0 Å². The molecule has 0 aromatic carbocycles. The van der Waals surface area contributed by atoms with Gasteiger partial charge in [0.1, 0.15) is 6.04 Å². The van der Waals surface area contributed by atoms with Crippen LogP contribution in [-0.4, -0.2) is 65.7 Å². The molecule has 0 aromatic rings. The summed E-state index contributed by atoms with van der Waals surface area (Å²) in [5, 5.41) is 12.2. The second kappa shape index (κ2) is 6.43. The summed E-state index contributed by atoms with van der Waals surface area (Å²) in [7, 11) is 2.06. The number of carboxylic acid groups (broad SMARTS) is 1. The number of hydrogen-bond donors (Lipinski definition) is 2. The predicted molar refractivity (Wildman–Crippen MR) is 75.6 cm³/mol. The fourth-order valence-corrected chi connectivity index (χ4v) is 3.34. The minimum atomic E-state index is -0.898. The van der Waals surface area contributed by atoms with E-state index in [4.69, 9.17) is 0 Å². The molecule has 0 aromatic heterocycles. The van der Waals surface area contributed by atoms with E-state index < -0.39 is 12.0 Å². The minimum absolute atomic E-state index is 0.0150. The number of nitrogens with zero attached hydrogens (tertiary/aromatic N) is 2. The molecular weight excluding hydrogens is 258 g/mol. The highest BCUT2D eigenvalue weighted by molar-refractivity contribution is 5.83. The van der Waals surface area contributed by atoms with Gasteiger partial charge in [0, 0.05) is 19.1 Å². The average Bonchev–Trinajstić information content (AvgIpc) is 2.80. The van der Waals surface area contributed by atoms with Gasteiger partial charge < -0.3 is 20.2 Å². The fraction of sp³-hybridized carbons (Fsp3) is 0.857. The largest absolute Gasteiger partial charge is 0.480 e. The molecule has 6 heteroatoms. The number of carbonyl (C=O) groups excluding carboxylic acids is 1. The summed E-state index contributed by atoms with van der Waals surface area (Å²) in [5.41, 5.74) is 0. The Balaban J connectivity index is 1.91. The van der Waals surface area contributed by atoms with E-state index in [2.05, 4.69) is 17.3 Å². The molecule has 0 saturated carbocycles. The molecule has 20 heavy (non-hydrogen) atoms. The van der Waals surface area contributed by atoms with Crippen molar-refractivity contribution in [3.8, 4) is 0 Å². The van der Waals surface area contributed by atoms with Crippen LogP contribution in [0.2, 0.25) is 0 Å². The first-order valence-electron chi connectivity index (χ1n) is 7.48. The van der Waals surface area contributed by atoms with Crippen LogP contribution in [0.3, 0.4) is 0 Å². The van der Waals surface area contributed by atoms with Gasteiger partial charge in [-0.15, -0.1) is 0 Å². The Kier molecular flexibility index (Phi) is 4.86. The van der Waals surface area contributed by atoms with E-state index in [9.17, 15) is 14.7 Å². The molecule has 3 atom stereocenters. The van der Waals surface area contributed by atoms with Crippen molar-refractivity contribution in [1.29, 1.82) is 0 Å². The molecular formula is C14H25N3O3. The first-order valence-corrected chi connectivity index (χ1v) is 7.48. The van der Waals surface area contributed by atoms with E-state index in [1.807, 2.05) is 6.92 Å². The van der Waals surface area contributed by atoms with Gasteiger partial charge in [-0.25, -0.2) is 9.59 Å². The number of likely N-dealkylation sites (tertiary alicyclic amines) is 2. The summed E-state index contributed by atoms with van der Waals surface area (Å²) < 4.78 is 0. The summed E-state index contributed by atoms with van der Waals surface area (Å²) in [6, 6.07) is -0.543. The van der Waals surface area contributed by atoms with Crippen LogP contribution in [0.25, 0.3) is 0 Å². The lowest BCUT2D eigenvalue weighted by Gasteiger charge is -2.37. The number of rotatable bonds is 3. The zero-order chi connectivity index (χ0) is 14.7.